The molecule has 1 unspecified atom stereocenters. The molecule has 58 heavy (non-hydrogen) atoms. The van der Waals surface area contributed by atoms with Gasteiger partial charge in [0.05, 0.1) is 0 Å². The number of allylic oxidation sites excluding steroid dienone is 6. The quantitative estimate of drug-likeness (QED) is 0.0264. The van der Waals surface area contributed by atoms with Crippen molar-refractivity contribution in [2.24, 2.45) is 0 Å². The van der Waals surface area contributed by atoms with Crippen molar-refractivity contribution in [3.63, 3.8) is 0 Å². The first-order chi connectivity index (χ1) is 28.5. The molecule has 0 fully saturated rings. The summed E-state index contributed by atoms with van der Waals surface area (Å²) in [5.41, 5.74) is 0. The first-order valence-corrected chi connectivity index (χ1v) is 25.0. The summed E-state index contributed by atoms with van der Waals surface area (Å²) in [5.74, 6) is -0.893. The van der Waals surface area contributed by atoms with Crippen molar-refractivity contribution in [3.05, 3.63) is 36.5 Å². The summed E-state index contributed by atoms with van der Waals surface area (Å²) < 4.78 is 16.7. The lowest BCUT2D eigenvalue weighted by Gasteiger charge is -2.18. The summed E-state index contributed by atoms with van der Waals surface area (Å²) in [5, 5.41) is 0. The van der Waals surface area contributed by atoms with Gasteiger partial charge in [0.2, 0.25) is 0 Å². The van der Waals surface area contributed by atoms with Gasteiger partial charge in [-0.15, -0.1) is 0 Å². The maximum absolute atomic E-state index is 12.7. The van der Waals surface area contributed by atoms with Crippen LogP contribution in [0.4, 0.5) is 0 Å². The van der Waals surface area contributed by atoms with E-state index in [0.717, 1.165) is 70.6 Å². The Labute approximate surface area is 359 Å². The summed E-state index contributed by atoms with van der Waals surface area (Å²) in [7, 11) is 0. The van der Waals surface area contributed by atoms with Gasteiger partial charge in [-0.2, -0.15) is 0 Å². The third kappa shape index (κ3) is 44.7. The van der Waals surface area contributed by atoms with E-state index in [1.807, 2.05) is 0 Å². The average molecular weight is 815 g/mol. The van der Waals surface area contributed by atoms with Gasteiger partial charge >= 0.3 is 17.9 Å². The fraction of sp³-hybridized carbons (Fsp3) is 0.827. The lowest BCUT2D eigenvalue weighted by molar-refractivity contribution is -0.167. The van der Waals surface area contributed by atoms with Crippen LogP contribution >= 0.6 is 0 Å². The van der Waals surface area contributed by atoms with E-state index in [1.165, 1.54) is 148 Å². The van der Waals surface area contributed by atoms with E-state index < -0.39 is 6.10 Å². The molecule has 1 atom stereocenters. The SMILES string of the molecule is CCCCCC/C=C\CCCCCCCC(=O)OC(COC(=O)CCCCCCCC)COC(=O)CCCCCCCCCCC/C=C\C/C=C\CCCCCCC. The van der Waals surface area contributed by atoms with E-state index in [9.17, 15) is 14.4 Å². The predicted molar refractivity (Wildman–Crippen MR) is 247 cm³/mol. The fourth-order valence-electron chi connectivity index (χ4n) is 7.05. The van der Waals surface area contributed by atoms with Crippen LogP contribution in [0.3, 0.4) is 0 Å². The normalized spacial score (nSPS) is 12.3. The zero-order chi connectivity index (χ0) is 42.3. The monoisotopic (exact) mass is 815 g/mol. The van der Waals surface area contributed by atoms with Crippen LogP contribution in [0, 0.1) is 0 Å². The Morgan fingerprint density at radius 2 is 0.621 bits per heavy atom. The molecule has 338 valence electrons. The fourth-order valence-corrected chi connectivity index (χ4v) is 7.05. The molecule has 6 nitrogen and oxygen atoms in total. The van der Waals surface area contributed by atoms with Gasteiger partial charge in [0, 0.05) is 19.3 Å². The zero-order valence-corrected chi connectivity index (χ0v) is 38.6. The molecular weight excluding hydrogens is 721 g/mol. The largest absolute Gasteiger partial charge is 0.462 e. The van der Waals surface area contributed by atoms with Gasteiger partial charge in [-0.25, -0.2) is 0 Å². The lowest BCUT2D eigenvalue weighted by Crippen LogP contribution is -2.30. The van der Waals surface area contributed by atoms with E-state index in [0.29, 0.717) is 19.3 Å². The third-order valence-electron chi connectivity index (χ3n) is 10.9. The van der Waals surface area contributed by atoms with Crippen LogP contribution in [-0.4, -0.2) is 37.2 Å². The van der Waals surface area contributed by atoms with Gasteiger partial charge in [0.1, 0.15) is 13.2 Å². The van der Waals surface area contributed by atoms with E-state index in [2.05, 4.69) is 57.2 Å². The molecule has 0 aromatic heterocycles. The van der Waals surface area contributed by atoms with Crippen LogP contribution in [0.2, 0.25) is 0 Å². The molecule has 0 saturated carbocycles. The second kappa shape index (κ2) is 47.3. The van der Waals surface area contributed by atoms with Crippen molar-refractivity contribution in [3.8, 4) is 0 Å². The first-order valence-electron chi connectivity index (χ1n) is 25.0. The molecule has 0 radical (unpaired) electrons. The molecule has 0 aromatic carbocycles. The number of carbonyl (C=O) groups is 3. The summed E-state index contributed by atoms with van der Waals surface area (Å²) in [6, 6.07) is 0. The highest BCUT2D eigenvalue weighted by Crippen LogP contribution is 2.14. The second-order valence-corrected chi connectivity index (χ2v) is 16.7. The van der Waals surface area contributed by atoms with Crippen molar-refractivity contribution in [2.75, 3.05) is 13.2 Å². The van der Waals surface area contributed by atoms with Crippen LogP contribution in [0.25, 0.3) is 0 Å². The number of unbranched alkanes of at least 4 members (excludes halogenated alkanes) is 28. The third-order valence-corrected chi connectivity index (χ3v) is 10.9. The highest BCUT2D eigenvalue weighted by Gasteiger charge is 2.19. The van der Waals surface area contributed by atoms with Gasteiger partial charge < -0.3 is 14.2 Å². The average Bonchev–Trinajstić information content (AvgIpc) is 3.22. The smallest absolute Gasteiger partial charge is 0.306 e. The van der Waals surface area contributed by atoms with Gasteiger partial charge in [-0.05, 0) is 77.0 Å². The molecule has 0 aromatic rings. The van der Waals surface area contributed by atoms with E-state index >= 15 is 0 Å². The molecule has 0 heterocycles. The van der Waals surface area contributed by atoms with Crippen molar-refractivity contribution in [1.29, 1.82) is 0 Å². The topological polar surface area (TPSA) is 78.9 Å². The Morgan fingerprint density at radius 3 is 0.983 bits per heavy atom. The number of ether oxygens (including phenoxy) is 3. The molecular formula is C52H94O6. The van der Waals surface area contributed by atoms with Gasteiger partial charge in [-0.1, -0.05) is 198 Å². The van der Waals surface area contributed by atoms with Crippen molar-refractivity contribution in [2.45, 2.75) is 264 Å². The van der Waals surface area contributed by atoms with Gasteiger partial charge in [0.25, 0.3) is 0 Å². The first kappa shape index (κ1) is 55.6. The predicted octanol–water partition coefficient (Wildman–Crippen LogP) is 16.1. The Morgan fingerprint density at radius 1 is 0.345 bits per heavy atom. The van der Waals surface area contributed by atoms with Crippen molar-refractivity contribution in [1.82, 2.24) is 0 Å². The second-order valence-electron chi connectivity index (χ2n) is 16.7. The highest BCUT2D eigenvalue weighted by molar-refractivity contribution is 5.71. The summed E-state index contributed by atoms with van der Waals surface area (Å²) in [4.78, 5) is 37.6. The van der Waals surface area contributed by atoms with E-state index in [4.69, 9.17) is 14.2 Å². The molecule has 0 aliphatic rings. The van der Waals surface area contributed by atoms with Gasteiger partial charge in [0.15, 0.2) is 6.10 Å². The lowest BCUT2D eigenvalue weighted by atomic mass is 10.1. The van der Waals surface area contributed by atoms with Crippen LogP contribution in [-0.2, 0) is 28.6 Å². The Bertz CT molecular complexity index is 984. The van der Waals surface area contributed by atoms with E-state index in [-0.39, 0.29) is 31.1 Å². The van der Waals surface area contributed by atoms with Crippen LogP contribution in [0.15, 0.2) is 36.5 Å². The minimum Gasteiger partial charge on any atom is -0.462 e. The number of hydrogen-bond donors (Lipinski definition) is 0. The molecule has 0 N–H and O–H groups in total. The minimum absolute atomic E-state index is 0.0759. The molecule has 0 aliphatic heterocycles. The number of carbonyl (C=O) groups excluding carboxylic acids is 3. The zero-order valence-electron chi connectivity index (χ0n) is 38.6. The summed E-state index contributed by atoms with van der Waals surface area (Å²) in [6.07, 6.45) is 54.4. The van der Waals surface area contributed by atoms with E-state index in [1.54, 1.807) is 0 Å². The standard InChI is InChI=1S/C52H94O6/c1-4-7-10-13-16-18-20-22-23-24-25-26-27-28-29-31-32-34-36-39-42-45-51(54)57-48-49(47-56-50(53)44-41-38-15-12-9-6-3)58-52(55)46-43-40-37-35-33-30-21-19-17-14-11-8-5-2/h19-22,24-25,49H,4-18,23,26-48H2,1-3H3/b21-19-,22-20-,25-24-. The Hall–Kier alpha value is -2.37. The number of esters is 3. The Balaban J connectivity index is 4.18. The molecule has 0 spiro atoms. The van der Waals surface area contributed by atoms with Gasteiger partial charge in [-0.3, -0.25) is 14.4 Å². The van der Waals surface area contributed by atoms with Crippen molar-refractivity contribution < 1.29 is 28.6 Å². The maximum Gasteiger partial charge on any atom is 0.306 e. The van der Waals surface area contributed by atoms with Crippen LogP contribution < -0.4 is 0 Å². The molecule has 0 bridgehead atoms. The van der Waals surface area contributed by atoms with Crippen molar-refractivity contribution >= 4 is 17.9 Å². The molecule has 6 heteroatoms. The van der Waals surface area contributed by atoms with Crippen LogP contribution in [0.1, 0.15) is 258 Å². The number of rotatable bonds is 45. The van der Waals surface area contributed by atoms with Crippen LogP contribution in [0.5, 0.6) is 0 Å². The minimum atomic E-state index is -0.772. The maximum atomic E-state index is 12.7. The molecule has 0 amide bonds. The highest BCUT2D eigenvalue weighted by atomic mass is 16.6. The molecule has 0 saturated heterocycles. The number of hydrogen-bond acceptors (Lipinski definition) is 6. The Kier molecular flexibility index (Phi) is 45.4. The summed E-state index contributed by atoms with van der Waals surface area (Å²) in [6.45, 7) is 6.55. The summed E-state index contributed by atoms with van der Waals surface area (Å²) >= 11 is 0. The molecule has 0 aliphatic carbocycles. The molecule has 0 rings (SSSR count).